The minimum absolute atomic E-state index is 0.381. The maximum atomic E-state index is 11.8. The topological polar surface area (TPSA) is 70.8 Å². The van der Waals surface area contributed by atoms with Crippen LogP contribution < -0.4 is 15.2 Å². The van der Waals surface area contributed by atoms with Gasteiger partial charge in [-0.1, -0.05) is 0 Å². The Labute approximate surface area is 99.5 Å². The van der Waals surface area contributed by atoms with Crippen LogP contribution in [0.25, 0.3) is 0 Å². The fourth-order valence-corrected chi connectivity index (χ4v) is 1.97. The summed E-state index contributed by atoms with van der Waals surface area (Å²) in [7, 11) is 2.90. The van der Waals surface area contributed by atoms with E-state index in [1.54, 1.807) is 25.3 Å². The van der Waals surface area contributed by atoms with Crippen LogP contribution in [0.4, 0.5) is 0 Å². The van der Waals surface area contributed by atoms with Crippen LogP contribution in [-0.2, 0) is 15.1 Å². The largest absolute Gasteiger partial charge is 0.497 e. The normalized spacial score (nSPS) is 22.3. The number of rotatable bonds is 2. The minimum atomic E-state index is -1.13. The Balaban J connectivity index is 2.48. The van der Waals surface area contributed by atoms with Crippen LogP contribution in [0.3, 0.4) is 0 Å². The first kappa shape index (κ1) is 11.7. The van der Waals surface area contributed by atoms with Crippen molar-refractivity contribution in [2.24, 2.45) is 5.73 Å². The van der Waals surface area contributed by atoms with E-state index in [9.17, 15) is 4.79 Å². The molecule has 1 aliphatic rings. The van der Waals surface area contributed by atoms with Crippen molar-refractivity contribution in [1.29, 1.82) is 0 Å². The second-order valence-electron chi connectivity index (χ2n) is 3.92. The summed E-state index contributed by atoms with van der Waals surface area (Å²) in [5, 5.41) is 0. The van der Waals surface area contributed by atoms with Gasteiger partial charge in [-0.2, -0.15) is 0 Å². The van der Waals surface area contributed by atoms with Gasteiger partial charge in [-0.05, 0) is 12.1 Å². The molecule has 2 N–H and O–H groups in total. The quantitative estimate of drug-likeness (QED) is 0.770. The molecule has 0 amide bonds. The number of carbonyl (C=O) groups is 1. The highest BCUT2D eigenvalue weighted by molar-refractivity contribution is 5.83. The lowest BCUT2D eigenvalue weighted by atomic mass is 9.85. The molecule has 0 aliphatic carbocycles. The van der Waals surface area contributed by atoms with Gasteiger partial charge in [-0.3, -0.25) is 0 Å². The molecule has 0 saturated heterocycles. The lowest BCUT2D eigenvalue weighted by Gasteiger charge is -2.32. The van der Waals surface area contributed by atoms with Crippen LogP contribution in [0.5, 0.6) is 11.5 Å². The molecule has 92 valence electrons. The van der Waals surface area contributed by atoms with E-state index in [0.29, 0.717) is 30.1 Å². The van der Waals surface area contributed by atoms with E-state index in [1.807, 2.05) is 0 Å². The van der Waals surface area contributed by atoms with Gasteiger partial charge in [0.1, 0.15) is 17.0 Å². The predicted octanol–water partition coefficient (Wildman–Crippen LogP) is 0.805. The zero-order chi connectivity index (χ0) is 12.5. The van der Waals surface area contributed by atoms with Crippen LogP contribution in [0.2, 0.25) is 0 Å². The summed E-state index contributed by atoms with van der Waals surface area (Å²) < 4.78 is 15.3. The molecule has 17 heavy (non-hydrogen) atoms. The third kappa shape index (κ3) is 1.82. The maximum absolute atomic E-state index is 11.8. The molecule has 1 aromatic carbocycles. The molecule has 0 saturated carbocycles. The number of fused-ring (bicyclic) bond motifs is 1. The van der Waals surface area contributed by atoms with E-state index in [4.69, 9.17) is 19.9 Å². The van der Waals surface area contributed by atoms with E-state index in [-0.39, 0.29) is 0 Å². The maximum Gasteiger partial charge on any atom is 0.330 e. The van der Waals surface area contributed by atoms with Gasteiger partial charge >= 0.3 is 5.97 Å². The summed E-state index contributed by atoms with van der Waals surface area (Å²) >= 11 is 0. The van der Waals surface area contributed by atoms with Gasteiger partial charge in [0.2, 0.25) is 0 Å². The molecule has 5 nitrogen and oxygen atoms in total. The van der Waals surface area contributed by atoms with Crippen molar-refractivity contribution in [2.75, 3.05) is 20.8 Å². The van der Waals surface area contributed by atoms with E-state index >= 15 is 0 Å². The molecule has 0 radical (unpaired) electrons. The minimum Gasteiger partial charge on any atom is -0.497 e. The fourth-order valence-electron chi connectivity index (χ4n) is 1.97. The zero-order valence-electron chi connectivity index (χ0n) is 9.86. The molecule has 1 heterocycles. The SMILES string of the molecule is COC(=O)C1(N)CCOc2cc(OC)ccc21. The molecule has 0 bridgehead atoms. The summed E-state index contributed by atoms with van der Waals surface area (Å²) in [6.07, 6.45) is 0.402. The Kier molecular flexibility index (Phi) is 2.93. The third-order valence-electron chi connectivity index (χ3n) is 2.97. The van der Waals surface area contributed by atoms with Gasteiger partial charge in [0, 0.05) is 18.1 Å². The Hall–Kier alpha value is -1.75. The molecule has 1 aromatic rings. The second-order valence-corrected chi connectivity index (χ2v) is 3.92. The summed E-state index contributed by atoms with van der Waals surface area (Å²) in [6.45, 7) is 0.381. The number of nitrogens with two attached hydrogens (primary N) is 1. The van der Waals surface area contributed by atoms with Gasteiger partial charge < -0.3 is 19.9 Å². The smallest absolute Gasteiger partial charge is 0.330 e. The number of methoxy groups -OCH3 is 2. The van der Waals surface area contributed by atoms with Crippen molar-refractivity contribution < 1.29 is 19.0 Å². The molecule has 0 aromatic heterocycles. The number of ether oxygens (including phenoxy) is 3. The monoisotopic (exact) mass is 237 g/mol. The van der Waals surface area contributed by atoms with Crippen LogP contribution in [0.15, 0.2) is 18.2 Å². The predicted molar refractivity (Wildman–Crippen MR) is 61.0 cm³/mol. The fraction of sp³-hybridized carbons (Fsp3) is 0.417. The highest BCUT2D eigenvalue weighted by Crippen LogP contribution is 2.38. The Morgan fingerprint density at radius 1 is 1.47 bits per heavy atom. The highest BCUT2D eigenvalue weighted by atomic mass is 16.5. The number of benzene rings is 1. The first-order valence-electron chi connectivity index (χ1n) is 5.30. The molecular formula is C12H15NO4. The number of esters is 1. The van der Waals surface area contributed by atoms with Gasteiger partial charge in [-0.15, -0.1) is 0 Å². The van der Waals surface area contributed by atoms with E-state index < -0.39 is 11.5 Å². The number of carbonyl (C=O) groups excluding carboxylic acids is 1. The van der Waals surface area contributed by atoms with E-state index in [1.165, 1.54) is 7.11 Å². The van der Waals surface area contributed by atoms with Crippen molar-refractivity contribution in [1.82, 2.24) is 0 Å². The molecule has 5 heteroatoms. The Bertz CT molecular complexity index is 446. The molecular weight excluding hydrogens is 222 g/mol. The summed E-state index contributed by atoms with van der Waals surface area (Å²) in [6, 6.07) is 5.21. The second kappa shape index (κ2) is 4.25. The first-order chi connectivity index (χ1) is 8.11. The van der Waals surface area contributed by atoms with E-state index in [0.717, 1.165) is 0 Å². The Morgan fingerprint density at radius 2 is 2.24 bits per heavy atom. The van der Waals surface area contributed by atoms with Crippen LogP contribution >= 0.6 is 0 Å². The van der Waals surface area contributed by atoms with Crippen molar-refractivity contribution in [3.8, 4) is 11.5 Å². The molecule has 0 spiro atoms. The van der Waals surface area contributed by atoms with Crippen molar-refractivity contribution in [3.05, 3.63) is 23.8 Å². The van der Waals surface area contributed by atoms with Crippen LogP contribution in [-0.4, -0.2) is 26.8 Å². The lowest BCUT2D eigenvalue weighted by molar-refractivity contribution is -0.148. The van der Waals surface area contributed by atoms with Crippen LogP contribution in [0, 0.1) is 0 Å². The van der Waals surface area contributed by atoms with Crippen molar-refractivity contribution in [3.63, 3.8) is 0 Å². The Morgan fingerprint density at radius 3 is 2.88 bits per heavy atom. The zero-order valence-corrected chi connectivity index (χ0v) is 9.86. The van der Waals surface area contributed by atoms with Gasteiger partial charge in [-0.25, -0.2) is 4.79 Å². The highest BCUT2D eigenvalue weighted by Gasteiger charge is 2.42. The summed E-state index contributed by atoms with van der Waals surface area (Å²) in [5.74, 6) is 0.786. The standard InChI is InChI=1S/C12H15NO4/c1-15-8-3-4-9-10(7-8)17-6-5-12(9,13)11(14)16-2/h3-4,7H,5-6,13H2,1-2H3. The molecule has 1 unspecified atom stereocenters. The first-order valence-corrected chi connectivity index (χ1v) is 5.30. The van der Waals surface area contributed by atoms with Crippen molar-refractivity contribution in [2.45, 2.75) is 12.0 Å². The van der Waals surface area contributed by atoms with Crippen LogP contribution in [0.1, 0.15) is 12.0 Å². The number of hydrogen-bond acceptors (Lipinski definition) is 5. The third-order valence-corrected chi connectivity index (χ3v) is 2.97. The molecule has 1 aliphatic heterocycles. The van der Waals surface area contributed by atoms with Gasteiger partial charge in [0.15, 0.2) is 0 Å². The van der Waals surface area contributed by atoms with E-state index in [2.05, 4.69) is 0 Å². The molecule has 0 fully saturated rings. The average molecular weight is 237 g/mol. The van der Waals surface area contributed by atoms with Crippen molar-refractivity contribution >= 4 is 5.97 Å². The summed E-state index contributed by atoms with van der Waals surface area (Å²) in [4.78, 5) is 11.8. The van der Waals surface area contributed by atoms with Gasteiger partial charge in [0.05, 0.1) is 20.8 Å². The lowest BCUT2D eigenvalue weighted by Crippen LogP contribution is -2.49. The molecule has 1 atom stereocenters. The summed E-state index contributed by atoms with van der Waals surface area (Å²) in [5.41, 5.74) is 5.63. The number of hydrogen-bond donors (Lipinski definition) is 1. The van der Waals surface area contributed by atoms with Gasteiger partial charge in [0.25, 0.3) is 0 Å². The average Bonchev–Trinajstić information content (AvgIpc) is 2.37. The molecule has 2 rings (SSSR count).